The average molecular weight is 386 g/mol. The molecule has 0 spiro atoms. The van der Waals surface area contributed by atoms with Gasteiger partial charge in [-0.3, -0.25) is 5.32 Å². The molecule has 0 aliphatic carbocycles. The highest BCUT2D eigenvalue weighted by Gasteiger charge is 2.40. The molecule has 2 fully saturated rings. The summed E-state index contributed by atoms with van der Waals surface area (Å²) < 4.78 is 5.44. The molecular weight excluding hydrogens is 358 g/mol. The minimum Gasteiger partial charge on any atom is -0.381 e. The third-order valence-electron chi connectivity index (χ3n) is 5.53. The Morgan fingerprint density at radius 2 is 2.00 bits per heavy atom. The number of carbonyl (C=O) groups is 1. The second kappa shape index (κ2) is 7.60. The maximum Gasteiger partial charge on any atom is 0.324 e. The van der Waals surface area contributed by atoms with Crippen molar-refractivity contribution in [3.05, 3.63) is 47.0 Å². The Kier molecular flexibility index (Phi) is 5.19. The van der Waals surface area contributed by atoms with Crippen LogP contribution < -0.4 is 5.32 Å². The number of nitrogens with zero attached hydrogens (tertiary/aromatic N) is 2. The number of nitrogens with one attached hydrogen (secondary N) is 1. The Labute approximate surface area is 164 Å². The van der Waals surface area contributed by atoms with E-state index in [4.69, 9.17) is 4.74 Å². The summed E-state index contributed by atoms with van der Waals surface area (Å²) in [5, 5.41) is 3.74. The predicted molar refractivity (Wildman–Crippen MR) is 108 cm³/mol. The second-order valence-corrected chi connectivity index (χ2v) is 9.37. The van der Waals surface area contributed by atoms with E-state index in [0.29, 0.717) is 11.0 Å². The number of anilines is 1. The van der Waals surface area contributed by atoms with Crippen molar-refractivity contribution in [1.82, 2.24) is 9.88 Å². The summed E-state index contributed by atoms with van der Waals surface area (Å²) in [5.41, 5.74) is 1.30. The highest BCUT2D eigenvalue weighted by molar-refractivity contribution is 7.15. The first-order valence-corrected chi connectivity index (χ1v) is 10.5. The summed E-state index contributed by atoms with van der Waals surface area (Å²) in [6.07, 6.45) is 4.95. The predicted octanol–water partition coefficient (Wildman–Crippen LogP) is 5.04. The van der Waals surface area contributed by atoms with Crippen LogP contribution in [0.4, 0.5) is 9.93 Å². The van der Waals surface area contributed by atoms with Crippen molar-refractivity contribution in [1.29, 1.82) is 0 Å². The van der Waals surface area contributed by atoms with Gasteiger partial charge in [-0.2, -0.15) is 0 Å². The van der Waals surface area contributed by atoms with E-state index in [-0.39, 0.29) is 17.5 Å². The van der Waals surface area contributed by atoms with Gasteiger partial charge >= 0.3 is 6.03 Å². The molecule has 5 nitrogen and oxygen atoms in total. The van der Waals surface area contributed by atoms with Crippen molar-refractivity contribution < 1.29 is 9.53 Å². The topological polar surface area (TPSA) is 54.5 Å². The lowest BCUT2D eigenvalue weighted by molar-refractivity contribution is 0.0860. The fourth-order valence-electron chi connectivity index (χ4n) is 4.13. The molecule has 144 valence electrons. The van der Waals surface area contributed by atoms with E-state index in [9.17, 15) is 4.79 Å². The van der Waals surface area contributed by atoms with Gasteiger partial charge in [0.15, 0.2) is 5.13 Å². The minimum absolute atomic E-state index is 0.0534. The van der Waals surface area contributed by atoms with Crippen LogP contribution in [0.1, 0.15) is 55.5 Å². The summed E-state index contributed by atoms with van der Waals surface area (Å²) in [5.74, 6) is 0.504. The molecule has 0 saturated carbocycles. The van der Waals surface area contributed by atoms with Gasteiger partial charge < -0.3 is 9.64 Å². The normalized spacial score (nSPS) is 22.7. The maximum absolute atomic E-state index is 13.0. The summed E-state index contributed by atoms with van der Waals surface area (Å²) in [7, 11) is 0. The van der Waals surface area contributed by atoms with Gasteiger partial charge in [0.25, 0.3) is 0 Å². The van der Waals surface area contributed by atoms with Crippen LogP contribution in [0.5, 0.6) is 0 Å². The van der Waals surface area contributed by atoms with Crippen LogP contribution in [0.2, 0.25) is 0 Å². The first-order chi connectivity index (χ1) is 13.0. The van der Waals surface area contributed by atoms with Crippen LogP contribution in [0, 0.1) is 5.41 Å². The summed E-state index contributed by atoms with van der Waals surface area (Å²) in [6.45, 7) is 6.82. The first kappa shape index (κ1) is 18.4. The van der Waals surface area contributed by atoms with E-state index < -0.39 is 0 Å². The van der Waals surface area contributed by atoms with Gasteiger partial charge in [0.1, 0.15) is 0 Å². The highest BCUT2D eigenvalue weighted by Crippen LogP contribution is 2.43. The van der Waals surface area contributed by atoms with E-state index in [2.05, 4.69) is 36.3 Å². The van der Waals surface area contributed by atoms with Crippen LogP contribution in [0.25, 0.3) is 0 Å². The Hall–Kier alpha value is -1.92. The van der Waals surface area contributed by atoms with E-state index >= 15 is 0 Å². The molecule has 0 unspecified atom stereocenters. The number of hydrogen-bond acceptors (Lipinski definition) is 4. The van der Waals surface area contributed by atoms with Gasteiger partial charge in [-0.05, 0) is 36.2 Å². The number of ether oxygens (including phenoxy) is 1. The number of amides is 2. The lowest BCUT2D eigenvalue weighted by Crippen LogP contribution is -2.35. The molecule has 1 aromatic carbocycles. The summed E-state index contributed by atoms with van der Waals surface area (Å²) in [4.78, 5) is 20.7. The SMILES string of the molecule is CC1(C)C[C@@H](c2ccccc2)N(C(=O)Nc2ncc(C3CCOCC3)s2)C1. The molecule has 2 aliphatic rings. The zero-order chi connectivity index (χ0) is 18.9. The molecule has 2 aromatic rings. The number of benzene rings is 1. The molecular formula is C21H27N3O2S. The van der Waals surface area contributed by atoms with Crippen molar-refractivity contribution >= 4 is 22.5 Å². The fourth-order valence-corrected chi connectivity index (χ4v) is 5.11. The van der Waals surface area contributed by atoms with Gasteiger partial charge in [-0.15, -0.1) is 11.3 Å². The molecule has 3 heterocycles. The largest absolute Gasteiger partial charge is 0.381 e. The molecule has 1 aromatic heterocycles. The second-order valence-electron chi connectivity index (χ2n) is 8.31. The summed E-state index contributed by atoms with van der Waals surface area (Å²) in [6, 6.07) is 10.4. The van der Waals surface area contributed by atoms with Crippen molar-refractivity contribution in [2.75, 3.05) is 25.1 Å². The van der Waals surface area contributed by atoms with Crippen LogP contribution in [0.15, 0.2) is 36.5 Å². The number of carbonyl (C=O) groups excluding carboxylic acids is 1. The molecule has 1 atom stereocenters. The Balaban J connectivity index is 1.47. The van der Waals surface area contributed by atoms with Gasteiger partial charge in [0.05, 0.1) is 6.04 Å². The molecule has 4 rings (SSSR count). The zero-order valence-electron chi connectivity index (χ0n) is 16.0. The zero-order valence-corrected chi connectivity index (χ0v) is 16.8. The number of thiazole rings is 1. The molecule has 27 heavy (non-hydrogen) atoms. The van der Waals surface area contributed by atoms with Gasteiger partial charge in [-0.1, -0.05) is 44.2 Å². The molecule has 2 amide bonds. The Morgan fingerprint density at radius 1 is 1.26 bits per heavy atom. The average Bonchev–Trinajstić information content (AvgIpc) is 3.27. The standard InChI is InChI=1S/C21H27N3O2S/c1-21(2)12-17(15-6-4-3-5-7-15)24(14-21)20(25)23-19-22-13-18(27-19)16-8-10-26-11-9-16/h3-7,13,16-17H,8-12,14H2,1-2H3,(H,22,23,25)/t17-/m0/s1. The number of aromatic nitrogens is 1. The molecule has 6 heteroatoms. The number of urea groups is 1. The summed E-state index contributed by atoms with van der Waals surface area (Å²) >= 11 is 1.60. The lowest BCUT2D eigenvalue weighted by Gasteiger charge is -2.25. The Bertz CT molecular complexity index is 784. The van der Waals surface area contributed by atoms with Crippen molar-refractivity contribution in [2.45, 2.75) is 45.1 Å². The van der Waals surface area contributed by atoms with Crippen molar-refractivity contribution in [2.24, 2.45) is 5.41 Å². The van der Waals surface area contributed by atoms with Crippen molar-refractivity contribution in [3.63, 3.8) is 0 Å². The lowest BCUT2D eigenvalue weighted by atomic mass is 9.89. The van der Waals surface area contributed by atoms with Crippen LogP contribution in [-0.4, -0.2) is 35.7 Å². The smallest absolute Gasteiger partial charge is 0.324 e. The van der Waals surface area contributed by atoms with Gasteiger partial charge in [0, 0.05) is 30.8 Å². The van der Waals surface area contributed by atoms with Crippen LogP contribution >= 0.6 is 11.3 Å². The molecule has 0 bridgehead atoms. The van der Waals surface area contributed by atoms with Gasteiger partial charge in [0.2, 0.25) is 0 Å². The van der Waals surface area contributed by atoms with Crippen LogP contribution in [0.3, 0.4) is 0 Å². The molecule has 0 radical (unpaired) electrons. The van der Waals surface area contributed by atoms with Crippen molar-refractivity contribution in [3.8, 4) is 0 Å². The minimum atomic E-state index is -0.0534. The van der Waals surface area contributed by atoms with E-state index in [0.717, 1.165) is 39.0 Å². The molecule has 1 N–H and O–H groups in total. The number of rotatable bonds is 3. The maximum atomic E-state index is 13.0. The number of likely N-dealkylation sites (tertiary alicyclic amines) is 1. The van der Waals surface area contributed by atoms with E-state index in [1.165, 1.54) is 10.4 Å². The first-order valence-electron chi connectivity index (χ1n) is 9.68. The number of hydrogen-bond donors (Lipinski definition) is 1. The van der Waals surface area contributed by atoms with Gasteiger partial charge in [-0.25, -0.2) is 9.78 Å². The quantitative estimate of drug-likeness (QED) is 0.805. The monoisotopic (exact) mass is 385 g/mol. The third-order valence-corrected chi connectivity index (χ3v) is 6.60. The fraction of sp³-hybridized carbons (Fsp3) is 0.524. The molecule has 2 saturated heterocycles. The highest BCUT2D eigenvalue weighted by atomic mass is 32.1. The van der Waals surface area contributed by atoms with E-state index in [1.54, 1.807) is 11.3 Å². The molecule has 2 aliphatic heterocycles. The van der Waals surface area contributed by atoms with Crippen LogP contribution in [-0.2, 0) is 4.74 Å². The third kappa shape index (κ3) is 4.17. The Morgan fingerprint density at radius 3 is 2.74 bits per heavy atom. The van der Waals surface area contributed by atoms with E-state index in [1.807, 2.05) is 29.3 Å².